The molecule has 0 spiro atoms. The number of nitrogens with zero attached hydrogens (tertiary/aromatic N) is 3. The molecular weight excluding hydrogens is 467 g/mol. The van der Waals surface area contributed by atoms with Crippen molar-refractivity contribution in [3.8, 4) is 0 Å². The van der Waals surface area contributed by atoms with E-state index in [1.54, 1.807) is 0 Å². The van der Waals surface area contributed by atoms with Gasteiger partial charge in [-0.3, -0.25) is 4.90 Å². The second-order valence-corrected chi connectivity index (χ2v) is 8.22. The molecule has 27 heavy (non-hydrogen) atoms. The van der Waals surface area contributed by atoms with E-state index in [9.17, 15) is 0 Å². The number of thiophene rings is 1. The normalized spacial score (nSPS) is 20.8. The first-order valence-corrected chi connectivity index (χ1v) is 10.3. The van der Waals surface area contributed by atoms with Gasteiger partial charge < -0.3 is 10.2 Å². The number of guanidine groups is 1. The van der Waals surface area contributed by atoms with Gasteiger partial charge in [0.1, 0.15) is 0 Å². The van der Waals surface area contributed by atoms with E-state index in [4.69, 9.17) is 4.99 Å². The molecule has 1 aliphatic rings. The molecule has 4 nitrogen and oxygen atoms in total. The van der Waals surface area contributed by atoms with E-state index in [-0.39, 0.29) is 24.0 Å². The van der Waals surface area contributed by atoms with Crippen LogP contribution in [0.4, 0.5) is 0 Å². The van der Waals surface area contributed by atoms with Crippen molar-refractivity contribution < 1.29 is 0 Å². The lowest BCUT2D eigenvalue weighted by atomic mass is 9.88. The lowest BCUT2D eigenvalue weighted by molar-refractivity contribution is 0.125. The molecule has 2 unspecified atom stereocenters. The second-order valence-electron chi connectivity index (χ2n) is 7.24. The van der Waals surface area contributed by atoms with E-state index in [0.717, 1.165) is 12.5 Å². The number of likely N-dealkylation sites (tertiary alicyclic amines) is 1. The van der Waals surface area contributed by atoms with Crippen LogP contribution in [0.1, 0.15) is 29.3 Å². The second kappa shape index (κ2) is 11.0. The van der Waals surface area contributed by atoms with Crippen LogP contribution in [0.5, 0.6) is 0 Å². The summed E-state index contributed by atoms with van der Waals surface area (Å²) in [6.45, 7) is 2.85. The molecule has 3 rings (SSSR count). The van der Waals surface area contributed by atoms with Gasteiger partial charge in [-0.25, -0.2) is 4.99 Å². The first kappa shape index (κ1) is 22.2. The number of rotatable bonds is 5. The zero-order chi connectivity index (χ0) is 18.4. The van der Waals surface area contributed by atoms with Crippen molar-refractivity contribution in [2.24, 2.45) is 10.9 Å². The smallest absolute Gasteiger partial charge is 0.193 e. The summed E-state index contributed by atoms with van der Waals surface area (Å²) >= 11 is 1.87. The van der Waals surface area contributed by atoms with Crippen molar-refractivity contribution in [3.05, 3.63) is 58.3 Å². The molecule has 1 saturated heterocycles. The van der Waals surface area contributed by atoms with Gasteiger partial charge in [0.15, 0.2) is 5.96 Å². The summed E-state index contributed by atoms with van der Waals surface area (Å²) in [5.41, 5.74) is 1.24. The fourth-order valence-corrected chi connectivity index (χ4v) is 4.69. The summed E-state index contributed by atoms with van der Waals surface area (Å²) in [6, 6.07) is 15.4. The minimum absolute atomic E-state index is 0. The maximum absolute atomic E-state index is 4.81. The number of hydrogen-bond acceptors (Lipinski definition) is 3. The van der Waals surface area contributed by atoms with E-state index < -0.39 is 0 Å². The van der Waals surface area contributed by atoms with Gasteiger partial charge in [0.25, 0.3) is 0 Å². The van der Waals surface area contributed by atoms with Crippen LogP contribution in [-0.2, 0) is 6.54 Å². The summed E-state index contributed by atoms with van der Waals surface area (Å²) < 4.78 is 0. The Morgan fingerprint density at radius 3 is 2.67 bits per heavy atom. The lowest BCUT2D eigenvalue weighted by Crippen LogP contribution is -2.44. The molecule has 1 aromatic carbocycles. The average molecular weight is 498 g/mol. The molecule has 1 aliphatic heterocycles. The largest absolute Gasteiger partial charge is 0.356 e. The fourth-order valence-electron chi connectivity index (χ4n) is 3.71. The quantitative estimate of drug-likeness (QED) is 0.375. The monoisotopic (exact) mass is 498 g/mol. The molecule has 1 aromatic heterocycles. The van der Waals surface area contributed by atoms with Crippen LogP contribution in [0, 0.1) is 5.92 Å². The predicted octanol–water partition coefficient (Wildman–Crippen LogP) is 4.46. The molecule has 1 N–H and O–H groups in total. The number of halogens is 1. The summed E-state index contributed by atoms with van der Waals surface area (Å²) in [6.07, 6.45) is 2.53. The SMILES string of the molecule is CN(C)C(=NCc1ccccc1)NCC1CCCN(C)C1c1cccs1.I. The molecule has 1 fully saturated rings. The Morgan fingerprint density at radius 1 is 1.22 bits per heavy atom. The minimum atomic E-state index is 0. The number of benzene rings is 1. The summed E-state index contributed by atoms with van der Waals surface area (Å²) in [5.74, 6) is 1.57. The van der Waals surface area contributed by atoms with Crippen LogP contribution in [0.3, 0.4) is 0 Å². The third kappa shape index (κ3) is 6.19. The molecule has 2 atom stereocenters. The van der Waals surface area contributed by atoms with Crippen LogP contribution in [0.2, 0.25) is 0 Å². The van der Waals surface area contributed by atoms with E-state index in [1.165, 1.54) is 29.8 Å². The predicted molar refractivity (Wildman–Crippen MR) is 127 cm³/mol. The van der Waals surface area contributed by atoms with E-state index in [0.29, 0.717) is 18.5 Å². The topological polar surface area (TPSA) is 30.9 Å². The zero-order valence-electron chi connectivity index (χ0n) is 16.5. The van der Waals surface area contributed by atoms with Crippen molar-refractivity contribution in [1.29, 1.82) is 0 Å². The summed E-state index contributed by atoms with van der Waals surface area (Å²) in [4.78, 5) is 10.9. The van der Waals surface area contributed by atoms with Crippen LogP contribution < -0.4 is 5.32 Å². The van der Waals surface area contributed by atoms with Crippen LogP contribution in [0.25, 0.3) is 0 Å². The van der Waals surface area contributed by atoms with Gasteiger partial charge in [0.05, 0.1) is 6.54 Å². The molecule has 0 saturated carbocycles. The Bertz CT molecular complexity index is 687. The Kier molecular flexibility index (Phi) is 9.05. The molecule has 6 heteroatoms. The number of hydrogen-bond donors (Lipinski definition) is 1. The van der Waals surface area contributed by atoms with Crippen molar-refractivity contribution >= 4 is 41.3 Å². The highest BCUT2D eigenvalue weighted by Crippen LogP contribution is 2.36. The Balaban J connectivity index is 0.00000261. The maximum atomic E-state index is 4.81. The van der Waals surface area contributed by atoms with Gasteiger partial charge in [-0.2, -0.15) is 0 Å². The standard InChI is InChI=1S/C21H30N4S.HI/c1-24(2)21(22-15-17-9-5-4-6-10-17)23-16-18-11-7-13-25(3)20(18)19-12-8-14-26-19;/h4-6,8-10,12,14,18,20H,7,11,13,15-16H2,1-3H3,(H,22,23);1H. The third-order valence-electron chi connectivity index (χ3n) is 5.04. The molecule has 2 heterocycles. The highest BCUT2D eigenvalue weighted by molar-refractivity contribution is 14.0. The van der Waals surface area contributed by atoms with Gasteiger partial charge in [0.2, 0.25) is 0 Å². The van der Waals surface area contributed by atoms with Crippen LogP contribution >= 0.6 is 35.3 Å². The molecule has 0 aliphatic carbocycles. The Morgan fingerprint density at radius 2 is 2.00 bits per heavy atom. The first-order chi connectivity index (χ1) is 12.6. The molecular formula is C21H31IN4S. The van der Waals surface area contributed by atoms with Crippen molar-refractivity contribution in [2.45, 2.75) is 25.4 Å². The van der Waals surface area contributed by atoms with E-state index in [1.807, 2.05) is 17.4 Å². The van der Waals surface area contributed by atoms with Crippen LogP contribution in [0.15, 0.2) is 52.8 Å². The number of piperidine rings is 1. The van der Waals surface area contributed by atoms with Crippen molar-refractivity contribution in [1.82, 2.24) is 15.1 Å². The molecule has 0 amide bonds. The summed E-state index contributed by atoms with van der Waals surface area (Å²) in [7, 11) is 6.37. The summed E-state index contributed by atoms with van der Waals surface area (Å²) in [5, 5.41) is 5.81. The Labute approximate surface area is 184 Å². The van der Waals surface area contributed by atoms with Gasteiger partial charge in [-0.05, 0) is 49.4 Å². The molecule has 2 aromatic rings. The van der Waals surface area contributed by atoms with Crippen LogP contribution in [-0.4, -0.2) is 50.0 Å². The van der Waals surface area contributed by atoms with E-state index in [2.05, 4.69) is 78.0 Å². The highest BCUT2D eigenvalue weighted by Gasteiger charge is 2.31. The highest BCUT2D eigenvalue weighted by atomic mass is 127. The molecule has 0 bridgehead atoms. The van der Waals surface area contributed by atoms with E-state index >= 15 is 0 Å². The minimum Gasteiger partial charge on any atom is -0.356 e. The fraction of sp³-hybridized carbons (Fsp3) is 0.476. The Hall–Kier alpha value is -1.12. The maximum Gasteiger partial charge on any atom is 0.193 e. The number of nitrogens with one attached hydrogen (secondary N) is 1. The molecule has 148 valence electrons. The van der Waals surface area contributed by atoms with Gasteiger partial charge in [0, 0.05) is 31.6 Å². The molecule has 0 radical (unpaired) electrons. The number of aliphatic imine (C=N–C) groups is 1. The van der Waals surface area contributed by atoms with Gasteiger partial charge >= 0.3 is 0 Å². The lowest BCUT2D eigenvalue weighted by Gasteiger charge is -2.39. The van der Waals surface area contributed by atoms with Crippen molar-refractivity contribution in [2.75, 3.05) is 34.2 Å². The third-order valence-corrected chi connectivity index (χ3v) is 5.98. The van der Waals surface area contributed by atoms with Gasteiger partial charge in [-0.1, -0.05) is 36.4 Å². The zero-order valence-corrected chi connectivity index (χ0v) is 19.6. The average Bonchev–Trinajstić information content (AvgIpc) is 3.16. The van der Waals surface area contributed by atoms with Crippen molar-refractivity contribution in [3.63, 3.8) is 0 Å². The van der Waals surface area contributed by atoms with Gasteiger partial charge in [-0.15, -0.1) is 35.3 Å². The first-order valence-electron chi connectivity index (χ1n) is 9.38.